The Labute approximate surface area is 115 Å². The van der Waals surface area contributed by atoms with E-state index in [1.807, 2.05) is 0 Å². The molecule has 2 aromatic carbocycles. The van der Waals surface area contributed by atoms with Gasteiger partial charge in [-0.3, -0.25) is 4.79 Å². The molecule has 0 heterocycles. The second kappa shape index (κ2) is 5.85. The molecule has 0 atom stereocenters. The number of rotatable bonds is 2. The number of benzene rings is 2. The number of halogens is 3. The molecular formula is C13H10Cl2FNO. The summed E-state index contributed by atoms with van der Waals surface area (Å²) in [6.07, 6.45) is 0. The summed E-state index contributed by atoms with van der Waals surface area (Å²) in [6, 6.07) is 10.3. The zero-order valence-corrected chi connectivity index (χ0v) is 10.8. The molecule has 0 aliphatic heterocycles. The van der Waals surface area contributed by atoms with E-state index >= 15 is 0 Å². The van der Waals surface area contributed by atoms with Crippen LogP contribution in [0, 0.1) is 5.82 Å². The number of ketones is 1. The van der Waals surface area contributed by atoms with Gasteiger partial charge in [0.2, 0.25) is 0 Å². The van der Waals surface area contributed by atoms with Crippen LogP contribution in [0.3, 0.4) is 0 Å². The third-order valence-electron chi connectivity index (χ3n) is 2.38. The van der Waals surface area contributed by atoms with Gasteiger partial charge < -0.3 is 5.73 Å². The maximum absolute atomic E-state index is 13.5. The minimum absolute atomic E-state index is 0. The molecule has 18 heavy (non-hydrogen) atoms. The SMILES string of the molecule is Cl.Nc1ccc(Cl)cc1C(=O)c1ccccc1F. The van der Waals surface area contributed by atoms with Gasteiger partial charge in [-0.1, -0.05) is 23.7 Å². The maximum Gasteiger partial charge on any atom is 0.198 e. The lowest BCUT2D eigenvalue weighted by Crippen LogP contribution is -2.07. The van der Waals surface area contributed by atoms with Gasteiger partial charge in [-0.25, -0.2) is 4.39 Å². The fourth-order valence-corrected chi connectivity index (χ4v) is 1.69. The topological polar surface area (TPSA) is 43.1 Å². The molecular weight excluding hydrogens is 276 g/mol. The van der Waals surface area contributed by atoms with Gasteiger partial charge in [-0.05, 0) is 30.3 Å². The maximum atomic E-state index is 13.5. The van der Waals surface area contributed by atoms with Crippen molar-refractivity contribution >= 4 is 35.5 Å². The van der Waals surface area contributed by atoms with Gasteiger partial charge >= 0.3 is 0 Å². The van der Waals surface area contributed by atoms with Crippen molar-refractivity contribution in [3.8, 4) is 0 Å². The molecule has 0 amide bonds. The molecule has 0 bridgehead atoms. The Morgan fingerprint density at radius 3 is 2.44 bits per heavy atom. The van der Waals surface area contributed by atoms with Crippen LogP contribution in [-0.2, 0) is 0 Å². The van der Waals surface area contributed by atoms with Gasteiger partial charge in [0.05, 0.1) is 5.56 Å². The third-order valence-corrected chi connectivity index (χ3v) is 2.61. The van der Waals surface area contributed by atoms with Crippen molar-refractivity contribution < 1.29 is 9.18 Å². The zero-order chi connectivity index (χ0) is 12.4. The van der Waals surface area contributed by atoms with E-state index in [-0.39, 0.29) is 29.2 Å². The van der Waals surface area contributed by atoms with Crippen LogP contribution in [-0.4, -0.2) is 5.78 Å². The lowest BCUT2D eigenvalue weighted by atomic mass is 10.0. The number of carbonyl (C=O) groups excluding carboxylic acids is 1. The van der Waals surface area contributed by atoms with E-state index in [1.165, 1.54) is 30.3 Å². The number of hydrogen-bond acceptors (Lipinski definition) is 2. The van der Waals surface area contributed by atoms with Crippen LogP contribution in [0.5, 0.6) is 0 Å². The van der Waals surface area contributed by atoms with E-state index in [0.717, 1.165) is 0 Å². The quantitative estimate of drug-likeness (QED) is 0.675. The molecule has 2 nitrogen and oxygen atoms in total. The minimum Gasteiger partial charge on any atom is -0.398 e. The molecule has 0 aliphatic carbocycles. The highest BCUT2D eigenvalue weighted by atomic mass is 35.5. The third kappa shape index (κ3) is 2.81. The van der Waals surface area contributed by atoms with Crippen molar-refractivity contribution in [2.75, 3.05) is 5.73 Å². The van der Waals surface area contributed by atoms with Crippen molar-refractivity contribution in [3.05, 3.63) is 64.4 Å². The predicted octanol–water partition coefficient (Wildman–Crippen LogP) is 3.71. The Bertz CT molecular complexity index is 587. The van der Waals surface area contributed by atoms with E-state index in [4.69, 9.17) is 17.3 Å². The molecule has 2 rings (SSSR count). The molecule has 0 fully saturated rings. The smallest absolute Gasteiger partial charge is 0.198 e. The Morgan fingerprint density at radius 1 is 1.11 bits per heavy atom. The van der Waals surface area contributed by atoms with Gasteiger partial charge in [0, 0.05) is 16.3 Å². The molecule has 0 aliphatic rings. The van der Waals surface area contributed by atoms with Gasteiger partial charge in [0.15, 0.2) is 5.78 Å². The largest absolute Gasteiger partial charge is 0.398 e. The lowest BCUT2D eigenvalue weighted by Gasteiger charge is -2.06. The summed E-state index contributed by atoms with van der Waals surface area (Å²) in [5.74, 6) is -1.04. The highest BCUT2D eigenvalue weighted by Gasteiger charge is 2.16. The summed E-state index contributed by atoms with van der Waals surface area (Å²) in [5, 5.41) is 0.388. The standard InChI is InChI=1S/C13H9ClFNO.ClH/c14-8-5-6-12(16)10(7-8)13(17)9-3-1-2-4-11(9)15;/h1-7H,16H2;1H. The molecule has 0 unspecified atom stereocenters. The fourth-order valence-electron chi connectivity index (χ4n) is 1.52. The first-order chi connectivity index (χ1) is 8.09. The summed E-state index contributed by atoms with van der Waals surface area (Å²) >= 11 is 5.79. The van der Waals surface area contributed by atoms with Crippen LogP contribution in [0.2, 0.25) is 5.02 Å². The second-order valence-corrected chi connectivity index (χ2v) is 3.98. The summed E-state index contributed by atoms with van der Waals surface area (Å²) in [5.41, 5.74) is 6.15. The monoisotopic (exact) mass is 285 g/mol. The summed E-state index contributed by atoms with van der Waals surface area (Å²) in [4.78, 5) is 12.1. The lowest BCUT2D eigenvalue weighted by molar-refractivity contribution is 0.103. The van der Waals surface area contributed by atoms with E-state index in [0.29, 0.717) is 5.02 Å². The van der Waals surface area contributed by atoms with Crippen molar-refractivity contribution in [2.24, 2.45) is 0 Å². The molecule has 2 N–H and O–H groups in total. The van der Waals surface area contributed by atoms with E-state index < -0.39 is 11.6 Å². The Balaban J connectivity index is 0.00000162. The minimum atomic E-state index is -0.572. The first-order valence-corrected chi connectivity index (χ1v) is 5.31. The number of anilines is 1. The van der Waals surface area contributed by atoms with Crippen LogP contribution >= 0.6 is 24.0 Å². The van der Waals surface area contributed by atoms with Crippen LogP contribution in [0.1, 0.15) is 15.9 Å². The highest BCUT2D eigenvalue weighted by Crippen LogP contribution is 2.22. The van der Waals surface area contributed by atoms with Crippen molar-refractivity contribution in [2.45, 2.75) is 0 Å². The van der Waals surface area contributed by atoms with Crippen LogP contribution in [0.25, 0.3) is 0 Å². The highest BCUT2D eigenvalue weighted by molar-refractivity contribution is 6.31. The van der Waals surface area contributed by atoms with Crippen LogP contribution < -0.4 is 5.73 Å². The van der Waals surface area contributed by atoms with Gasteiger partial charge in [-0.15, -0.1) is 12.4 Å². The molecule has 0 saturated heterocycles. The van der Waals surface area contributed by atoms with Gasteiger partial charge in [-0.2, -0.15) is 0 Å². The average molecular weight is 286 g/mol. The fraction of sp³-hybridized carbons (Fsp3) is 0. The van der Waals surface area contributed by atoms with Crippen molar-refractivity contribution in [3.63, 3.8) is 0 Å². The van der Waals surface area contributed by atoms with E-state index in [2.05, 4.69) is 0 Å². The molecule has 0 aromatic heterocycles. The Hall–Kier alpha value is -1.58. The summed E-state index contributed by atoms with van der Waals surface area (Å²) in [6.45, 7) is 0. The Morgan fingerprint density at radius 2 is 1.78 bits per heavy atom. The number of nitrogen functional groups attached to an aromatic ring is 1. The molecule has 0 saturated carbocycles. The molecule has 0 radical (unpaired) electrons. The van der Waals surface area contributed by atoms with Gasteiger partial charge in [0.25, 0.3) is 0 Å². The van der Waals surface area contributed by atoms with Crippen molar-refractivity contribution in [1.29, 1.82) is 0 Å². The first kappa shape index (κ1) is 14.5. The number of nitrogens with two attached hydrogens (primary N) is 1. The molecule has 94 valence electrons. The molecule has 2 aromatic rings. The normalized spacial score (nSPS) is 9.67. The van der Waals surface area contributed by atoms with Crippen molar-refractivity contribution in [1.82, 2.24) is 0 Å². The number of hydrogen-bond donors (Lipinski definition) is 1. The average Bonchev–Trinajstić information content (AvgIpc) is 2.32. The van der Waals surface area contributed by atoms with Gasteiger partial charge in [0.1, 0.15) is 5.82 Å². The molecule has 5 heteroatoms. The first-order valence-electron chi connectivity index (χ1n) is 4.94. The summed E-state index contributed by atoms with van der Waals surface area (Å²) in [7, 11) is 0. The summed E-state index contributed by atoms with van der Waals surface area (Å²) < 4.78 is 13.5. The van der Waals surface area contributed by atoms with E-state index in [9.17, 15) is 9.18 Å². The second-order valence-electron chi connectivity index (χ2n) is 3.54. The molecule has 0 spiro atoms. The van der Waals surface area contributed by atoms with Crippen LogP contribution in [0.15, 0.2) is 42.5 Å². The Kier molecular flexibility index (Phi) is 4.70. The predicted molar refractivity (Wildman–Crippen MR) is 72.9 cm³/mol. The number of carbonyl (C=O) groups is 1. The zero-order valence-electron chi connectivity index (χ0n) is 9.19. The van der Waals surface area contributed by atoms with Crippen LogP contribution in [0.4, 0.5) is 10.1 Å². The van der Waals surface area contributed by atoms with E-state index in [1.54, 1.807) is 12.1 Å².